The first kappa shape index (κ1) is 16.3. The molecule has 0 fully saturated rings. The molecule has 0 spiro atoms. The Balaban J connectivity index is 2.72. The van der Waals surface area contributed by atoms with Gasteiger partial charge in [0.25, 0.3) is 0 Å². The van der Waals surface area contributed by atoms with Gasteiger partial charge in [-0.1, -0.05) is 29.8 Å². The molecule has 1 unspecified atom stereocenters. The quantitative estimate of drug-likeness (QED) is 0.550. The van der Waals surface area contributed by atoms with Gasteiger partial charge in [0.2, 0.25) is 0 Å². The van der Waals surface area contributed by atoms with Gasteiger partial charge in [-0.15, -0.1) is 0 Å². The van der Waals surface area contributed by atoms with E-state index in [4.69, 9.17) is 5.11 Å². The van der Waals surface area contributed by atoms with Gasteiger partial charge in [0.15, 0.2) is 5.78 Å². The van der Waals surface area contributed by atoms with E-state index in [9.17, 15) is 9.59 Å². The topological polar surface area (TPSA) is 75.6 Å². The molecule has 0 radical (unpaired) electrons. The minimum atomic E-state index is -0.496. The third kappa shape index (κ3) is 5.11. The van der Waals surface area contributed by atoms with Crippen LogP contribution in [-0.2, 0) is 9.53 Å². The molecule has 20 heavy (non-hydrogen) atoms. The molecule has 0 amide bonds. The zero-order valence-electron chi connectivity index (χ0n) is 11.9. The SMILES string of the molecule is COC(=O)CCC(NCCO)C(=O)c1ccc(C)cc1. The van der Waals surface area contributed by atoms with E-state index in [1.165, 1.54) is 7.11 Å². The first-order valence-corrected chi connectivity index (χ1v) is 6.60. The molecule has 1 aromatic rings. The number of carbonyl (C=O) groups excluding carboxylic acids is 2. The summed E-state index contributed by atoms with van der Waals surface area (Å²) in [7, 11) is 1.32. The van der Waals surface area contributed by atoms with Crippen molar-refractivity contribution in [2.24, 2.45) is 0 Å². The van der Waals surface area contributed by atoms with Gasteiger partial charge in [-0.05, 0) is 13.3 Å². The molecule has 0 aromatic heterocycles. The fraction of sp³-hybridized carbons (Fsp3) is 0.467. The predicted molar refractivity (Wildman–Crippen MR) is 75.6 cm³/mol. The Kier molecular flexibility index (Phi) is 6.90. The maximum absolute atomic E-state index is 12.4. The first-order chi connectivity index (χ1) is 9.58. The number of aryl methyl sites for hydroxylation is 1. The Labute approximate surface area is 118 Å². The van der Waals surface area contributed by atoms with Crippen LogP contribution in [0.1, 0.15) is 28.8 Å². The highest BCUT2D eigenvalue weighted by Gasteiger charge is 2.20. The number of hydrogen-bond acceptors (Lipinski definition) is 5. The van der Waals surface area contributed by atoms with Gasteiger partial charge in [-0.3, -0.25) is 9.59 Å². The number of aliphatic hydroxyl groups is 1. The van der Waals surface area contributed by atoms with E-state index in [0.717, 1.165) is 5.56 Å². The Morgan fingerprint density at radius 3 is 2.50 bits per heavy atom. The van der Waals surface area contributed by atoms with Crippen molar-refractivity contribution in [1.29, 1.82) is 0 Å². The minimum absolute atomic E-state index is 0.0596. The van der Waals surface area contributed by atoms with Crippen molar-refractivity contribution in [1.82, 2.24) is 5.32 Å². The van der Waals surface area contributed by atoms with E-state index < -0.39 is 6.04 Å². The minimum Gasteiger partial charge on any atom is -0.469 e. The monoisotopic (exact) mass is 279 g/mol. The average Bonchev–Trinajstić information content (AvgIpc) is 2.47. The molecular weight excluding hydrogens is 258 g/mol. The lowest BCUT2D eigenvalue weighted by atomic mass is 9.99. The van der Waals surface area contributed by atoms with Gasteiger partial charge >= 0.3 is 5.97 Å². The maximum atomic E-state index is 12.4. The molecule has 0 aliphatic heterocycles. The van der Waals surface area contributed by atoms with Crippen LogP contribution >= 0.6 is 0 Å². The third-order valence-electron chi connectivity index (χ3n) is 3.02. The molecule has 0 heterocycles. The summed E-state index contributed by atoms with van der Waals surface area (Å²) in [4.78, 5) is 23.5. The van der Waals surface area contributed by atoms with Gasteiger partial charge in [0, 0.05) is 18.5 Å². The summed E-state index contributed by atoms with van der Waals surface area (Å²) in [6, 6.07) is 6.78. The molecule has 2 N–H and O–H groups in total. The number of ether oxygens (including phenoxy) is 1. The lowest BCUT2D eigenvalue weighted by Gasteiger charge is -2.16. The highest BCUT2D eigenvalue weighted by molar-refractivity contribution is 6.00. The van der Waals surface area contributed by atoms with Crippen LogP contribution in [0, 0.1) is 6.92 Å². The highest BCUT2D eigenvalue weighted by Crippen LogP contribution is 2.10. The number of esters is 1. The van der Waals surface area contributed by atoms with Crippen molar-refractivity contribution < 1.29 is 19.4 Å². The molecule has 0 aliphatic rings. The summed E-state index contributed by atoms with van der Waals surface area (Å²) in [6.45, 7) is 2.20. The molecule has 1 aromatic carbocycles. The van der Waals surface area contributed by atoms with Gasteiger partial charge < -0.3 is 15.2 Å². The van der Waals surface area contributed by atoms with E-state index in [1.54, 1.807) is 12.1 Å². The van der Waals surface area contributed by atoms with Crippen molar-refractivity contribution in [3.8, 4) is 0 Å². The standard InChI is InChI=1S/C15H21NO4/c1-11-3-5-12(6-4-11)15(19)13(16-9-10-17)7-8-14(18)20-2/h3-6,13,16-17H,7-10H2,1-2H3. The van der Waals surface area contributed by atoms with Crippen LogP contribution in [0.25, 0.3) is 0 Å². The number of Topliss-reactive ketones (excluding diaryl/α,β-unsaturated/α-hetero) is 1. The van der Waals surface area contributed by atoms with Crippen LogP contribution in [0.3, 0.4) is 0 Å². The lowest BCUT2D eigenvalue weighted by Crippen LogP contribution is -2.39. The fourth-order valence-corrected chi connectivity index (χ4v) is 1.85. The number of ketones is 1. The Hall–Kier alpha value is -1.72. The van der Waals surface area contributed by atoms with Crippen LogP contribution in [0.5, 0.6) is 0 Å². The highest BCUT2D eigenvalue weighted by atomic mass is 16.5. The van der Waals surface area contributed by atoms with Gasteiger partial charge in [-0.2, -0.15) is 0 Å². The summed E-state index contributed by atoms with van der Waals surface area (Å²) >= 11 is 0. The van der Waals surface area contributed by atoms with Crippen LogP contribution in [0.4, 0.5) is 0 Å². The van der Waals surface area contributed by atoms with Crippen LogP contribution in [0.2, 0.25) is 0 Å². The van der Waals surface area contributed by atoms with Gasteiger partial charge in [0.1, 0.15) is 0 Å². The number of nitrogens with one attached hydrogen (secondary N) is 1. The Bertz CT molecular complexity index is 442. The zero-order valence-corrected chi connectivity index (χ0v) is 11.9. The summed E-state index contributed by atoms with van der Waals surface area (Å²) in [5, 5.41) is 11.8. The number of methoxy groups -OCH3 is 1. The first-order valence-electron chi connectivity index (χ1n) is 6.60. The van der Waals surface area contributed by atoms with E-state index in [-0.39, 0.29) is 24.8 Å². The second-order valence-electron chi connectivity index (χ2n) is 4.58. The zero-order chi connectivity index (χ0) is 15.0. The molecule has 0 bridgehead atoms. The van der Waals surface area contributed by atoms with Crippen molar-refractivity contribution in [3.63, 3.8) is 0 Å². The number of aliphatic hydroxyl groups excluding tert-OH is 1. The largest absolute Gasteiger partial charge is 0.469 e. The third-order valence-corrected chi connectivity index (χ3v) is 3.02. The predicted octanol–water partition coefficient (Wildman–Crippen LogP) is 1.08. The summed E-state index contributed by atoms with van der Waals surface area (Å²) in [5.74, 6) is -0.431. The fourth-order valence-electron chi connectivity index (χ4n) is 1.85. The smallest absolute Gasteiger partial charge is 0.305 e. The van der Waals surface area contributed by atoms with Crippen molar-refractivity contribution in [2.45, 2.75) is 25.8 Å². The second kappa shape index (κ2) is 8.45. The second-order valence-corrected chi connectivity index (χ2v) is 4.58. The van der Waals surface area contributed by atoms with Crippen LogP contribution < -0.4 is 5.32 Å². The average molecular weight is 279 g/mol. The molecule has 0 aliphatic carbocycles. The van der Waals surface area contributed by atoms with Crippen LogP contribution in [-0.4, -0.2) is 43.2 Å². The lowest BCUT2D eigenvalue weighted by molar-refractivity contribution is -0.140. The summed E-state index contributed by atoms with van der Waals surface area (Å²) < 4.78 is 4.58. The Morgan fingerprint density at radius 2 is 1.95 bits per heavy atom. The van der Waals surface area contributed by atoms with E-state index in [0.29, 0.717) is 18.5 Å². The number of carbonyl (C=O) groups is 2. The van der Waals surface area contributed by atoms with Crippen molar-refractivity contribution >= 4 is 11.8 Å². The molecule has 110 valence electrons. The molecular formula is C15H21NO4. The number of rotatable bonds is 8. The van der Waals surface area contributed by atoms with E-state index >= 15 is 0 Å². The van der Waals surface area contributed by atoms with Crippen molar-refractivity contribution in [3.05, 3.63) is 35.4 Å². The molecule has 0 saturated heterocycles. The summed E-state index contributed by atoms with van der Waals surface area (Å²) in [5.41, 5.74) is 1.67. The van der Waals surface area contributed by atoms with Gasteiger partial charge in [0.05, 0.1) is 19.8 Å². The van der Waals surface area contributed by atoms with Crippen LogP contribution in [0.15, 0.2) is 24.3 Å². The van der Waals surface area contributed by atoms with E-state index in [1.807, 2.05) is 19.1 Å². The summed E-state index contributed by atoms with van der Waals surface area (Å²) in [6.07, 6.45) is 0.510. The Morgan fingerprint density at radius 1 is 1.30 bits per heavy atom. The molecule has 0 saturated carbocycles. The number of hydrogen-bond donors (Lipinski definition) is 2. The van der Waals surface area contributed by atoms with Crippen molar-refractivity contribution in [2.75, 3.05) is 20.3 Å². The number of benzene rings is 1. The molecule has 1 atom stereocenters. The van der Waals surface area contributed by atoms with Gasteiger partial charge in [-0.25, -0.2) is 0 Å². The van der Waals surface area contributed by atoms with E-state index in [2.05, 4.69) is 10.1 Å². The normalized spacial score (nSPS) is 11.9. The maximum Gasteiger partial charge on any atom is 0.305 e. The molecule has 5 nitrogen and oxygen atoms in total. The molecule has 1 rings (SSSR count). The molecule has 5 heteroatoms.